The molecule has 3 rings (SSSR count). The van der Waals surface area contributed by atoms with Crippen molar-refractivity contribution in [2.24, 2.45) is 0 Å². The van der Waals surface area contributed by atoms with Gasteiger partial charge in [0.15, 0.2) is 0 Å². The molecule has 2 aromatic rings. The number of fused-ring (bicyclic) bond motifs is 1. The number of hydrogen-bond acceptors (Lipinski definition) is 5. The van der Waals surface area contributed by atoms with Crippen LogP contribution in [0.4, 0.5) is 5.69 Å². The van der Waals surface area contributed by atoms with E-state index in [1.165, 1.54) is 11.3 Å². The molecule has 6 heteroatoms. The van der Waals surface area contributed by atoms with Gasteiger partial charge in [0.05, 0.1) is 32.1 Å². The lowest BCUT2D eigenvalue weighted by Gasteiger charge is -2.33. The number of amides is 1. The van der Waals surface area contributed by atoms with E-state index in [-0.39, 0.29) is 11.9 Å². The first kappa shape index (κ1) is 14.2. The lowest BCUT2D eigenvalue weighted by atomic mass is 10.2. The topological polar surface area (TPSA) is 64.8 Å². The van der Waals surface area contributed by atoms with Crippen molar-refractivity contribution in [1.82, 2.24) is 4.90 Å². The van der Waals surface area contributed by atoms with Gasteiger partial charge in [-0.3, -0.25) is 4.79 Å². The van der Waals surface area contributed by atoms with Gasteiger partial charge in [0, 0.05) is 16.6 Å². The second-order valence-electron chi connectivity index (χ2n) is 5.13. The minimum Gasteiger partial charge on any atom is -0.497 e. The lowest BCUT2D eigenvalue weighted by Crippen LogP contribution is -2.47. The van der Waals surface area contributed by atoms with Gasteiger partial charge in [-0.15, -0.1) is 11.3 Å². The first-order chi connectivity index (χ1) is 10.1. The van der Waals surface area contributed by atoms with Crippen molar-refractivity contribution in [3.63, 3.8) is 0 Å². The third kappa shape index (κ3) is 2.45. The highest BCUT2D eigenvalue weighted by atomic mass is 32.1. The zero-order valence-electron chi connectivity index (χ0n) is 12.1. The number of carbonyl (C=O) groups is 1. The highest BCUT2D eigenvalue weighted by Gasteiger charge is 2.28. The van der Waals surface area contributed by atoms with Crippen LogP contribution in [-0.2, 0) is 4.74 Å². The Hall–Kier alpha value is -1.79. The molecule has 112 valence electrons. The molecular formula is C15H18N2O3S. The molecule has 21 heavy (non-hydrogen) atoms. The van der Waals surface area contributed by atoms with Crippen LogP contribution in [0.1, 0.15) is 16.6 Å². The molecule has 1 saturated heterocycles. The molecule has 1 aliphatic rings. The molecule has 5 nitrogen and oxygen atoms in total. The van der Waals surface area contributed by atoms with Crippen LogP contribution < -0.4 is 10.5 Å². The molecule has 2 N–H and O–H groups in total. The lowest BCUT2D eigenvalue weighted by molar-refractivity contribution is 0.00392. The molecule has 1 fully saturated rings. The van der Waals surface area contributed by atoms with Crippen LogP contribution in [0.3, 0.4) is 0 Å². The summed E-state index contributed by atoms with van der Waals surface area (Å²) in [5.74, 6) is 0.756. The molecular weight excluding hydrogens is 288 g/mol. The predicted molar refractivity (Wildman–Crippen MR) is 84.1 cm³/mol. The molecule has 0 bridgehead atoms. The highest BCUT2D eigenvalue weighted by molar-refractivity contribution is 7.21. The molecule has 1 amide bonds. The maximum atomic E-state index is 12.7. The zero-order valence-corrected chi connectivity index (χ0v) is 12.9. The molecule has 0 aliphatic carbocycles. The maximum Gasteiger partial charge on any atom is 0.266 e. The highest BCUT2D eigenvalue weighted by Crippen LogP contribution is 2.36. The van der Waals surface area contributed by atoms with Gasteiger partial charge in [0.1, 0.15) is 10.6 Å². The number of benzene rings is 1. The maximum absolute atomic E-state index is 12.7. The van der Waals surface area contributed by atoms with Gasteiger partial charge in [-0.1, -0.05) is 0 Å². The molecule has 0 radical (unpaired) electrons. The molecule has 1 atom stereocenters. The zero-order chi connectivity index (χ0) is 15.0. The Kier molecular flexibility index (Phi) is 3.73. The summed E-state index contributed by atoms with van der Waals surface area (Å²) in [6.07, 6.45) is 0. The van der Waals surface area contributed by atoms with E-state index in [0.29, 0.717) is 30.3 Å². The van der Waals surface area contributed by atoms with Gasteiger partial charge in [-0.05, 0) is 25.1 Å². The number of rotatable bonds is 2. The van der Waals surface area contributed by atoms with Crippen molar-refractivity contribution < 1.29 is 14.3 Å². The van der Waals surface area contributed by atoms with Gasteiger partial charge < -0.3 is 20.1 Å². The SMILES string of the molecule is COc1ccc2c(N)c(C(=O)N3CCOCC3C)sc2c1. The van der Waals surface area contributed by atoms with Crippen molar-refractivity contribution in [3.05, 3.63) is 23.1 Å². The van der Waals surface area contributed by atoms with E-state index >= 15 is 0 Å². The first-order valence-corrected chi connectivity index (χ1v) is 7.68. The van der Waals surface area contributed by atoms with Gasteiger partial charge in [-0.25, -0.2) is 0 Å². The van der Waals surface area contributed by atoms with Gasteiger partial charge in [0.2, 0.25) is 0 Å². The minimum atomic E-state index is -0.0107. The third-order valence-electron chi connectivity index (χ3n) is 3.76. The Bertz CT molecular complexity index is 683. The Morgan fingerprint density at radius 3 is 3.05 bits per heavy atom. The average Bonchev–Trinajstić information content (AvgIpc) is 2.83. The molecule has 1 aromatic carbocycles. The van der Waals surface area contributed by atoms with Gasteiger partial charge in [-0.2, -0.15) is 0 Å². The van der Waals surface area contributed by atoms with Crippen molar-refractivity contribution in [2.75, 3.05) is 32.6 Å². The van der Waals surface area contributed by atoms with Crippen molar-refractivity contribution in [2.45, 2.75) is 13.0 Å². The van der Waals surface area contributed by atoms with Crippen LogP contribution in [0.15, 0.2) is 18.2 Å². The molecule has 2 heterocycles. The summed E-state index contributed by atoms with van der Waals surface area (Å²) < 4.78 is 11.6. The number of carbonyl (C=O) groups excluding carboxylic acids is 1. The molecule has 1 aromatic heterocycles. The number of methoxy groups -OCH3 is 1. The standard InChI is InChI=1S/C15H18N2O3S/c1-9-8-20-6-5-17(9)15(18)14-13(16)11-4-3-10(19-2)7-12(11)21-14/h3-4,7,9H,5-6,8,16H2,1-2H3. The third-order valence-corrected chi connectivity index (χ3v) is 4.91. The summed E-state index contributed by atoms with van der Waals surface area (Å²) in [6.45, 7) is 3.75. The summed E-state index contributed by atoms with van der Waals surface area (Å²) >= 11 is 1.42. The minimum absolute atomic E-state index is 0.0107. The largest absolute Gasteiger partial charge is 0.497 e. The molecule has 0 saturated carbocycles. The monoisotopic (exact) mass is 306 g/mol. The number of nitrogens with two attached hydrogens (primary N) is 1. The number of morpholine rings is 1. The summed E-state index contributed by atoms with van der Waals surface area (Å²) in [4.78, 5) is 15.2. The molecule has 1 aliphatic heterocycles. The number of hydrogen-bond donors (Lipinski definition) is 1. The fourth-order valence-electron chi connectivity index (χ4n) is 2.54. The van der Waals surface area contributed by atoms with Gasteiger partial charge in [0.25, 0.3) is 5.91 Å². The summed E-state index contributed by atoms with van der Waals surface area (Å²) in [5.41, 5.74) is 6.73. The van der Waals surface area contributed by atoms with Crippen LogP contribution >= 0.6 is 11.3 Å². The quantitative estimate of drug-likeness (QED) is 0.925. The molecule has 0 spiro atoms. The van der Waals surface area contributed by atoms with Crippen LogP contribution in [0.2, 0.25) is 0 Å². The second-order valence-corrected chi connectivity index (χ2v) is 6.18. The van der Waals surface area contributed by atoms with Crippen molar-refractivity contribution in [3.8, 4) is 5.75 Å². The van der Waals surface area contributed by atoms with E-state index in [9.17, 15) is 4.79 Å². The predicted octanol–water partition coefficient (Wildman–Crippen LogP) is 2.35. The first-order valence-electron chi connectivity index (χ1n) is 6.86. The van der Waals surface area contributed by atoms with Crippen LogP contribution in [0.25, 0.3) is 10.1 Å². The molecule has 1 unspecified atom stereocenters. The fraction of sp³-hybridized carbons (Fsp3) is 0.400. The van der Waals surface area contributed by atoms with E-state index in [1.54, 1.807) is 7.11 Å². The van der Waals surface area contributed by atoms with E-state index < -0.39 is 0 Å². The second kappa shape index (κ2) is 5.54. The van der Waals surface area contributed by atoms with Crippen molar-refractivity contribution >= 4 is 33.0 Å². The Morgan fingerprint density at radius 1 is 1.52 bits per heavy atom. The number of nitrogen functional groups attached to an aromatic ring is 1. The Balaban J connectivity index is 1.99. The smallest absolute Gasteiger partial charge is 0.266 e. The normalized spacial score (nSPS) is 19.0. The van der Waals surface area contributed by atoms with Crippen LogP contribution in [-0.4, -0.2) is 43.7 Å². The van der Waals surface area contributed by atoms with Crippen LogP contribution in [0.5, 0.6) is 5.75 Å². The van der Waals surface area contributed by atoms with E-state index in [2.05, 4.69) is 0 Å². The average molecular weight is 306 g/mol. The number of ether oxygens (including phenoxy) is 2. The number of thiophene rings is 1. The van der Waals surface area contributed by atoms with E-state index in [4.69, 9.17) is 15.2 Å². The van der Waals surface area contributed by atoms with Crippen LogP contribution in [0, 0.1) is 0 Å². The number of anilines is 1. The summed E-state index contributed by atoms with van der Waals surface area (Å²) in [6, 6.07) is 5.75. The van der Waals surface area contributed by atoms with Gasteiger partial charge >= 0.3 is 0 Å². The van der Waals surface area contributed by atoms with E-state index in [0.717, 1.165) is 15.8 Å². The number of nitrogens with zero attached hydrogens (tertiary/aromatic N) is 1. The fourth-order valence-corrected chi connectivity index (χ4v) is 3.65. The Morgan fingerprint density at radius 2 is 2.33 bits per heavy atom. The summed E-state index contributed by atoms with van der Waals surface area (Å²) in [7, 11) is 1.62. The van der Waals surface area contributed by atoms with E-state index in [1.807, 2.05) is 30.0 Å². The Labute approximate surface area is 127 Å². The summed E-state index contributed by atoms with van der Waals surface area (Å²) in [5, 5.41) is 0.907. The van der Waals surface area contributed by atoms with Crippen molar-refractivity contribution in [1.29, 1.82) is 0 Å².